The number of benzene rings is 2. The number of nitrogens with two attached hydrogens (primary N) is 4. The van der Waals surface area contributed by atoms with Gasteiger partial charge in [0.2, 0.25) is 23.6 Å². The fourth-order valence-electron chi connectivity index (χ4n) is 5.16. The number of fused-ring (bicyclic) bond motifs is 5. The van der Waals surface area contributed by atoms with E-state index >= 15 is 0 Å². The number of carbonyl (C=O) groups is 4. The molecule has 4 amide bonds. The second kappa shape index (κ2) is 17.3. The Bertz CT molecular complexity index is 1340. The van der Waals surface area contributed by atoms with Crippen LogP contribution in [0.5, 0.6) is 11.5 Å². The number of aromatic hydroxyl groups is 2. The summed E-state index contributed by atoms with van der Waals surface area (Å²) in [6.45, 7) is 1.15. The zero-order valence-corrected chi connectivity index (χ0v) is 25.4. The molecule has 4 bridgehead atoms. The number of phenolic OH excluding ortho intramolecular Hbond substituents is 2. The van der Waals surface area contributed by atoms with Gasteiger partial charge in [-0.25, -0.2) is 0 Å². The van der Waals surface area contributed by atoms with Crippen LogP contribution < -0.4 is 44.2 Å². The molecular weight excluding hydrogens is 580 g/mol. The smallest absolute Gasteiger partial charge is 0.243 e. The molecule has 0 radical (unpaired) electrons. The molecule has 246 valence electrons. The van der Waals surface area contributed by atoms with Gasteiger partial charge in [0.1, 0.15) is 23.6 Å². The summed E-state index contributed by atoms with van der Waals surface area (Å²) in [7, 11) is 0. The van der Waals surface area contributed by atoms with Crippen molar-refractivity contribution in [3.8, 4) is 22.6 Å². The molecule has 0 fully saturated rings. The van der Waals surface area contributed by atoms with Crippen LogP contribution in [0.3, 0.4) is 0 Å². The Labute approximate surface area is 262 Å². The van der Waals surface area contributed by atoms with Crippen LogP contribution >= 0.6 is 0 Å². The minimum absolute atomic E-state index is 0.00421. The lowest BCUT2D eigenvalue weighted by molar-refractivity contribution is -0.133. The number of rotatable bonds is 12. The number of nitrogens with one attached hydrogen (secondary N) is 4. The Hall–Kier alpha value is -4.24. The highest BCUT2D eigenvalue weighted by atomic mass is 16.3. The molecule has 1 aliphatic heterocycles. The Kier molecular flexibility index (Phi) is 13.5. The first-order valence-corrected chi connectivity index (χ1v) is 15.2. The van der Waals surface area contributed by atoms with E-state index in [-0.39, 0.29) is 62.7 Å². The molecule has 1 heterocycles. The monoisotopic (exact) mass is 626 g/mol. The van der Waals surface area contributed by atoms with Gasteiger partial charge < -0.3 is 54.4 Å². The molecule has 2 aromatic carbocycles. The highest BCUT2D eigenvalue weighted by Gasteiger charge is 2.30. The van der Waals surface area contributed by atoms with E-state index in [1.807, 2.05) is 0 Å². The van der Waals surface area contributed by atoms with Crippen LogP contribution in [0.2, 0.25) is 0 Å². The van der Waals surface area contributed by atoms with E-state index in [1.54, 1.807) is 24.3 Å². The SMILES string of the molecule is NCCC[C@@H](CC(=O)NCCN)NC(=O)[C@@H]1Cc2cc(ccc2O)-c2ccc(O)c(c2)C[C@H](N)C(=O)N[C@@H](CCCN)C(=O)N1. The molecule has 14 N–H and O–H groups in total. The van der Waals surface area contributed by atoms with Crippen LogP contribution in [-0.4, -0.2) is 84.2 Å². The van der Waals surface area contributed by atoms with Gasteiger partial charge in [-0.15, -0.1) is 0 Å². The summed E-state index contributed by atoms with van der Waals surface area (Å²) in [5, 5.41) is 32.2. The summed E-state index contributed by atoms with van der Waals surface area (Å²) >= 11 is 0. The minimum atomic E-state index is -1.20. The summed E-state index contributed by atoms with van der Waals surface area (Å²) in [4.78, 5) is 53.0. The molecule has 0 aliphatic carbocycles. The van der Waals surface area contributed by atoms with Crippen LogP contribution in [0.4, 0.5) is 0 Å². The molecule has 0 unspecified atom stereocenters. The summed E-state index contributed by atoms with van der Waals surface area (Å²) in [6, 6.07) is 5.80. The van der Waals surface area contributed by atoms with Gasteiger partial charge >= 0.3 is 0 Å². The highest BCUT2D eigenvalue weighted by molar-refractivity contribution is 5.93. The van der Waals surface area contributed by atoms with Crippen LogP contribution in [0.25, 0.3) is 11.1 Å². The van der Waals surface area contributed by atoms with Crippen LogP contribution in [0, 0.1) is 0 Å². The first-order valence-electron chi connectivity index (χ1n) is 15.2. The molecule has 14 heteroatoms. The molecule has 0 aromatic heterocycles. The third kappa shape index (κ3) is 10.4. The van der Waals surface area contributed by atoms with Crippen molar-refractivity contribution in [2.75, 3.05) is 26.2 Å². The maximum atomic E-state index is 13.8. The predicted molar refractivity (Wildman–Crippen MR) is 170 cm³/mol. The molecule has 4 atom stereocenters. The lowest BCUT2D eigenvalue weighted by Gasteiger charge is -2.26. The largest absolute Gasteiger partial charge is 0.508 e. The van der Waals surface area contributed by atoms with E-state index in [9.17, 15) is 29.4 Å². The van der Waals surface area contributed by atoms with E-state index < -0.39 is 41.9 Å². The second-order valence-corrected chi connectivity index (χ2v) is 11.2. The second-order valence-electron chi connectivity index (χ2n) is 11.2. The molecule has 3 rings (SSSR count). The Balaban J connectivity index is 2.03. The molecule has 14 nitrogen and oxygen atoms in total. The zero-order chi connectivity index (χ0) is 32.9. The Morgan fingerprint density at radius 3 is 2.09 bits per heavy atom. The Morgan fingerprint density at radius 1 is 0.867 bits per heavy atom. The van der Waals surface area contributed by atoms with E-state index in [0.29, 0.717) is 48.1 Å². The lowest BCUT2D eigenvalue weighted by atomic mass is 9.95. The van der Waals surface area contributed by atoms with Gasteiger partial charge in [-0.3, -0.25) is 19.2 Å². The quantitative estimate of drug-likeness (QED) is 0.132. The number of carbonyl (C=O) groups excluding carboxylic acids is 4. The fourth-order valence-corrected chi connectivity index (χ4v) is 5.16. The summed E-state index contributed by atoms with van der Waals surface area (Å²) < 4.78 is 0. The van der Waals surface area contributed by atoms with Crippen molar-refractivity contribution in [2.24, 2.45) is 22.9 Å². The van der Waals surface area contributed by atoms with Gasteiger partial charge in [-0.05, 0) is 85.3 Å². The van der Waals surface area contributed by atoms with Crippen molar-refractivity contribution in [2.45, 2.75) is 69.1 Å². The van der Waals surface area contributed by atoms with Gasteiger partial charge in [0.15, 0.2) is 0 Å². The van der Waals surface area contributed by atoms with E-state index in [4.69, 9.17) is 22.9 Å². The first kappa shape index (κ1) is 35.2. The fraction of sp³-hybridized carbons (Fsp3) is 0.484. The standard InChI is InChI=1S/C31H46N8O6/c32-9-1-3-22(17-28(42)36-12-11-34)37-31(45)25-16-21-14-19(6-8-27(21)41)18-5-7-26(40)20(13-18)15-23(35)29(43)38-24(4-2-10-33)30(44)39-25/h5-8,13-14,22-25,40-41H,1-4,9-12,15-17,32-35H2,(H,36,42)(H,37,45)(H,38,43)(H,39,44)/t22-,23-,24-,25-/m0/s1. The minimum Gasteiger partial charge on any atom is -0.508 e. The lowest BCUT2D eigenvalue weighted by Crippen LogP contribution is -2.57. The number of hydrogen-bond donors (Lipinski definition) is 10. The summed E-state index contributed by atoms with van der Waals surface area (Å²) in [5.74, 6) is -2.27. The van der Waals surface area contributed by atoms with E-state index in [2.05, 4.69) is 21.3 Å². The van der Waals surface area contributed by atoms with E-state index in [1.165, 1.54) is 12.1 Å². The normalized spacial score (nSPS) is 19.3. The average molecular weight is 627 g/mol. The first-order chi connectivity index (χ1) is 21.6. The maximum Gasteiger partial charge on any atom is 0.243 e. The molecule has 0 saturated carbocycles. The van der Waals surface area contributed by atoms with Crippen molar-refractivity contribution in [1.29, 1.82) is 0 Å². The van der Waals surface area contributed by atoms with Gasteiger partial charge in [0.05, 0.1) is 6.04 Å². The number of phenols is 2. The molecule has 0 spiro atoms. The van der Waals surface area contributed by atoms with Crippen molar-refractivity contribution in [3.63, 3.8) is 0 Å². The molecule has 1 aliphatic rings. The average Bonchev–Trinajstić information content (AvgIpc) is 3.01. The van der Waals surface area contributed by atoms with Crippen molar-refractivity contribution < 1.29 is 29.4 Å². The third-order valence-corrected chi connectivity index (χ3v) is 7.66. The maximum absolute atomic E-state index is 13.8. The topological polar surface area (TPSA) is 261 Å². The number of amides is 4. The van der Waals surface area contributed by atoms with Crippen molar-refractivity contribution >= 4 is 23.6 Å². The summed E-state index contributed by atoms with van der Waals surface area (Å²) in [5.41, 5.74) is 25.2. The predicted octanol–water partition coefficient (Wildman–Crippen LogP) is -1.41. The van der Waals surface area contributed by atoms with E-state index in [0.717, 1.165) is 0 Å². The highest BCUT2D eigenvalue weighted by Crippen LogP contribution is 2.31. The summed E-state index contributed by atoms with van der Waals surface area (Å²) in [6.07, 6.45) is 1.39. The van der Waals surface area contributed by atoms with Crippen molar-refractivity contribution in [3.05, 3.63) is 47.5 Å². The van der Waals surface area contributed by atoms with Crippen LogP contribution in [0.1, 0.15) is 43.2 Å². The number of hydrogen-bond acceptors (Lipinski definition) is 10. The molecule has 0 saturated heterocycles. The van der Waals surface area contributed by atoms with Crippen LogP contribution in [-0.2, 0) is 32.0 Å². The molecule has 2 aromatic rings. The zero-order valence-electron chi connectivity index (χ0n) is 25.4. The Morgan fingerprint density at radius 2 is 1.49 bits per heavy atom. The van der Waals surface area contributed by atoms with Gasteiger partial charge in [-0.2, -0.15) is 0 Å². The van der Waals surface area contributed by atoms with Gasteiger partial charge in [0.25, 0.3) is 0 Å². The molecular formula is C31H46N8O6. The molecule has 45 heavy (non-hydrogen) atoms. The van der Waals surface area contributed by atoms with Crippen molar-refractivity contribution in [1.82, 2.24) is 21.3 Å². The van der Waals surface area contributed by atoms with Crippen LogP contribution in [0.15, 0.2) is 36.4 Å². The van der Waals surface area contributed by atoms with Gasteiger partial charge in [0, 0.05) is 38.4 Å². The van der Waals surface area contributed by atoms with Gasteiger partial charge in [-0.1, -0.05) is 12.1 Å². The third-order valence-electron chi connectivity index (χ3n) is 7.66.